The van der Waals surface area contributed by atoms with Crippen LogP contribution >= 0.6 is 0 Å². The Hall–Kier alpha value is -2.28. The van der Waals surface area contributed by atoms with Gasteiger partial charge in [-0.1, -0.05) is 0 Å². The van der Waals surface area contributed by atoms with Crippen molar-refractivity contribution in [2.75, 3.05) is 22.9 Å². The topological polar surface area (TPSA) is 79.6 Å². The first kappa shape index (κ1) is 14.1. The zero-order chi connectivity index (χ0) is 14.8. The third-order valence-electron chi connectivity index (χ3n) is 2.59. The molecule has 0 saturated carbocycles. The number of carbonyl (C=O) groups excluding carboxylic acids is 1. The molecular formula is C13H14N2O4S. The molecule has 0 unspecified atom stereocenters. The summed E-state index contributed by atoms with van der Waals surface area (Å²) in [6.07, 6.45) is 2.51. The lowest BCUT2D eigenvalue weighted by Gasteiger charge is -2.16. The summed E-state index contributed by atoms with van der Waals surface area (Å²) in [6.45, 7) is 0. The minimum absolute atomic E-state index is 0.242. The average molecular weight is 294 g/mol. The number of nitrogens with one attached hydrogen (secondary N) is 1. The first-order valence-electron chi connectivity index (χ1n) is 5.76. The molecular weight excluding hydrogens is 280 g/mol. The quantitative estimate of drug-likeness (QED) is 0.934. The molecule has 0 saturated heterocycles. The van der Waals surface area contributed by atoms with Gasteiger partial charge in [0.25, 0.3) is 5.91 Å². The molecule has 0 fully saturated rings. The zero-order valence-electron chi connectivity index (χ0n) is 11.0. The van der Waals surface area contributed by atoms with E-state index in [4.69, 9.17) is 4.42 Å². The van der Waals surface area contributed by atoms with E-state index in [0.717, 1.165) is 6.26 Å². The van der Waals surface area contributed by atoms with Crippen LogP contribution in [0.25, 0.3) is 0 Å². The Labute approximate surface area is 117 Å². The number of amides is 1. The Balaban J connectivity index is 2.15. The minimum atomic E-state index is -3.31. The molecule has 1 aromatic heterocycles. The molecule has 0 spiro atoms. The van der Waals surface area contributed by atoms with Crippen LogP contribution in [0, 0.1) is 0 Å². The molecule has 0 atom stereocenters. The van der Waals surface area contributed by atoms with Gasteiger partial charge in [0.05, 0.1) is 12.5 Å². The number of nitrogens with zero attached hydrogens (tertiary/aromatic N) is 1. The molecule has 2 aromatic rings. The van der Waals surface area contributed by atoms with E-state index >= 15 is 0 Å². The molecule has 0 bridgehead atoms. The highest BCUT2D eigenvalue weighted by molar-refractivity contribution is 7.92. The summed E-state index contributed by atoms with van der Waals surface area (Å²) in [5.41, 5.74) is 1.07. The second-order valence-corrected chi connectivity index (χ2v) is 6.01. The molecule has 1 aromatic carbocycles. The predicted molar refractivity (Wildman–Crippen MR) is 76.4 cm³/mol. The third kappa shape index (κ3) is 3.39. The molecule has 1 heterocycles. The molecule has 6 nitrogen and oxygen atoms in total. The van der Waals surface area contributed by atoms with E-state index in [2.05, 4.69) is 4.72 Å². The molecule has 1 amide bonds. The number of anilines is 2. The number of rotatable bonds is 4. The normalized spacial score (nSPS) is 11.1. The molecule has 0 aliphatic heterocycles. The summed E-state index contributed by atoms with van der Waals surface area (Å²) in [7, 11) is -1.69. The summed E-state index contributed by atoms with van der Waals surface area (Å²) in [5.74, 6) is -0.0374. The van der Waals surface area contributed by atoms with Crippen LogP contribution in [0.5, 0.6) is 0 Å². The van der Waals surface area contributed by atoms with Gasteiger partial charge in [-0.15, -0.1) is 0 Å². The number of benzene rings is 1. The molecule has 0 aliphatic rings. The molecule has 7 heteroatoms. The smallest absolute Gasteiger partial charge is 0.293 e. The van der Waals surface area contributed by atoms with Crippen molar-refractivity contribution in [3.8, 4) is 0 Å². The Morgan fingerprint density at radius 2 is 1.85 bits per heavy atom. The zero-order valence-corrected chi connectivity index (χ0v) is 11.8. The van der Waals surface area contributed by atoms with E-state index in [1.807, 2.05) is 0 Å². The fraction of sp³-hybridized carbons (Fsp3) is 0.154. The maximum atomic E-state index is 12.0. The third-order valence-corrected chi connectivity index (χ3v) is 3.20. The second kappa shape index (κ2) is 5.38. The lowest BCUT2D eigenvalue weighted by molar-refractivity contribution is 0.0966. The van der Waals surface area contributed by atoms with Gasteiger partial charge in [0, 0.05) is 18.4 Å². The Kier molecular flexibility index (Phi) is 3.80. The van der Waals surface area contributed by atoms with Gasteiger partial charge in [-0.2, -0.15) is 0 Å². The van der Waals surface area contributed by atoms with Gasteiger partial charge in [-0.25, -0.2) is 8.42 Å². The van der Waals surface area contributed by atoms with E-state index in [9.17, 15) is 13.2 Å². The van der Waals surface area contributed by atoms with E-state index < -0.39 is 10.0 Å². The van der Waals surface area contributed by atoms with Crippen LogP contribution in [0.3, 0.4) is 0 Å². The van der Waals surface area contributed by atoms with Crippen LogP contribution in [0.15, 0.2) is 47.1 Å². The number of hydrogen-bond acceptors (Lipinski definition) is 4. The number of sulfonamides is 1. The summed E-state index contributed by atoms with van der Waals surface area (Å²) in [5, 5.41) is 0. The van der Waals surface area contributed by atoms with Crippen LogP contribution in [0.4, 0.5) is 11.4 Å². The first-order chi connectivity index (χ1) is 9.37. The Morgan fingerprint density at radius 3 is 2.35 bits per heavy atom. The van der Waals surface area contributed by atoms with Gasteiger partial charge in [-0.3, -0.25) is 9.52 Å². The van der Waals surface area contributed by atoms with Crippen LogP contribution in [-0.4, -0.2) is 27.6 Å². The molecule has 0 aliphatic carbocycles. The van der Waals surface area contributed by atoms with Crippen LogP contribution in [-0.2, 0) is 10.0 Å². The molecule has 2 rings (SSSR count). The van der Waals surface area contributed by atoms with Gasteiger partial charge in [0.15, 0.2) is 5.76 Å². The van der Waals surface area contributed by atoms with Crippen LogP contribution in [0.1, 0.15) is 10.6 Å². The Bertz CT molecular complexity index is 690. The lowest BCUT2D eigenvalue weighted by atomic mass is 10.2. The van der Waals surface area contributed by atoms with Crippen molar-refractivity contribution < 1.29 is 17.6 Å². The minimum Gasteiger partial charge on any atom is -0.459 e. The fourth-order valence-electron chi connectivity index (χ4n) is 1.65. The molecule has 1 N–H and O–H groups in total. The molecule has 106 valence electrons. The van der Waals surface area contributed by atoms with Crippen molar-refractivity contribution >= 4 is 27.3 Å². The van der Waals surface area contributed by atoms with Crippen molar-refractivity contribution in [3.63, 3.8) is 0 Å². The number of hydrogen-bond donors (Lipinski definition) is 1. The summed E-state index contributed by atoms with van der Waals surface area (Å²) in [6, 6.07) is 9.69. The lowest BCUT2D eigenvalue weighted by Crippen LogP contribution is -2.25. The highest BCUT2D eigenvalue weighted by Gasteiger charge is 2.15. The van der Waals surface area contributed by atoms with Crippen LogP contribution < -0.4 is 9.62 Å². The standard InChI is InChI=1S/C13H14N2O4S/c1-15(13(16)12-4-3-9-19-12)11-7-5-10(6-8-11)14-20(2,17)18/h3-9,14H,1-2H3. The maximum Gasteiger partial charge on any atom is 0.293 e. The highest BCUT2D eigenvalue weighted by atomic mass is 32.2. The van der Waals surface area contributed by atoms with Gasteiger partial charge in [0.1, 0.15) is 0 Å². The molecule has 0 radical (unpaired) electrons. The van der Waals surface area contributed by atoms with E-state index in [0.29, 0.717) is 11.4 Å². The number of carbonyl (C=O) groups is 1. The van der Waals surface area contributed by atoms with Gasteiger partial charge in [0.2, 0.25) is 10.0 Å². The monoisotopic (exact) mass is 294 g/mol. The van der Waals surface area contributed by atoms with Gasteiger partial charge >= 0.3 is 0 Å². The van der Waals surface area contributed by atoms with Gasteiger partial charge < -0.3 is 9.32 Å². The SMILES string of the molecule is CN(C(=O)c1ccco1)c1ccc(NS(C)(=O)=O)cc1. The first-order valence-corrected chi connectivity index (χ1v) is 7.65. The summed E-state index contributed by atoms with van der Waals surface area (Å²) < 4.78 is 29.6. The van der Waals surface area contributed by atoms with Crippen LogP contribution in [0.2, 0.25) is 0 Å². The van der Waals surface area contributed by atoms with Crippen molar-refractivity contribution in [2.24, 2.45) is 0 Å². The number of furan rings is 1. The van der Waals surface area contributed by atoms with E-state index in [1.165, 1.54) is 11.2 Å². The van der Waals surface area contributed by atoms with Crippen molar-refractivity contribution in [1.82, 2.24) is 0 Å². The van der Waals surface area contributed by atoms with E-state index in [-0.39, 0.29) is 11.7 Å². The fourth-order valence-corrected chi connectivity index (χ4v) is 2.21. The highest BCUT2D eigenvalue weighted by Crippen LogP contribution is 2.19. The summed E-state index contributed by atoms with van der Waals surface area (Å²) >= 11 is 0. The average Bonchev–Trinajstić information content (AvgIpc) is 2.90. The second-order valence-electron chi connectivity index (χ2n) is 4.26. The molecule has 20 heavy (non-hydrogen) atoms. The Morgan fingerprint density at radius 1 is 1.20 bits per heavy atom. The summed E-state index contributed by atoms with van der Waals surface area (Å²) in [4.78, 5) is 13.5. The maximum absolute atomic E-state index is 12.0. The van der Waals surface area contributed by atoms with Crippen molar-refractivity contribution in [2.45, 2.75) is 0 Å². The predicted octanol–water partition coefficient (Wildman–Crippen LogP) is 1.93. The van der Waals surface area contributed by atoms with Crippen molar-refractivity contribution in [1.29, 1.82) is 0 Å². The largest absolute Gasteiger partial charge is 0.459 e. The van der Waals surface area contributed by atoms with Gasteiger partial charge in [-0.05, 0) is 36.4 Å². The van der Waals surface area contributed by atoms with E-state index in [1.54, 1.807) is 43.4 Å². The van der Waals surface area contributed by atoms with Crippen molar-refractivity contribution in [3.05, 3.63) is 48.4 Å².